The van der Waals surface area contributed by atoms with Crippen LogP contribution in [0.25, 0.3) is 10.9 Å². The van der Waals surface area contributed by atoms with Gasteiger partial charge in [-0.15, -0.1) is 0 Å². The third-order valence-electron chi connectivity index (χ3n) is 3.96. The number of nitrogens with one attached hydrogen (secondary N) is 3. The summed E-state index contributed by atoms with van der Waals surface area (Å²) < 4.78 is 0. The van der Waals surface area contributed by atoms with E-state index in [0.717, 1.165) is 36.6 Å². The number of benzene rings is 1. The first kappa shape index (κ1) is 13.6. The molecule has 6 heteroatoms. The van der Waals surface area contributed by atoms with E-state index in [2.05, 4.69) is 21.0 Å². The Morgan fingerprint density at radius 1 is 1.10 bits per heavy atom. The number of para-hydroxylation sites is 1. The quantitative estimate of drug-likeness (QED) is 0.737. The highest BCUT2D eigenvalue weighted by atomic mass is 16.2. The normalized spacial score (nSPS) is 15.8. The van der Waals surface area contributed by atoms with Gasteiger partial charge in [-0.05, 0) is 18.9 Å². The van der Waals surface area contributed by atoms with Crippen LogP contribution in [0.2, 0.25) is 0 Å². The molecule has 6 nitrogen and oxygen atoms in total. The molecule has 1 fully saturated rings. The summed E-state index contributed by atoms with van der Waals surface area (Å²) in [6.07, 6.45) is 5.14. The second kappa shape index (κ2) is 5.95. The number of carbonyl (C=O) groups is 2. The Labute approximate surface area is 122 Å². The molecule has 1 aromatic carbocycles. The first-order valence-corrected chi connectivity index (χ1v) is 7.29. The topological polar surface area (TPSA) is 86.9 Å². The molecular weight excluding hydrogens is 268 g/mol. The van der Waals surface area contributed by atoms with Crippen molar-refractivity contribution in [2.75, 3.05) is 0 Å². The lowest BCUT2D eigenvalue weighted by atomic mass is 9.89. The number of fused-ring (bicyclic) bond motifs is 1. The van der Waals surface area contributed by atoms with E-state index in [9.17, 15) is 9.59 Å². The molecule has 0 aliphatic heterocycles. The van der Waals surface area contributed by atoms with Crippen LogP contribution >= 0.6 is 0 Å². The van der Waals surface area contributed by atoms with Crippen molar-refractivity contribution < 1.29 is 9.59 Å². The molecular formula is C15H18N4O2. The van der Waals surface area contributed by atoms with Crippen molar-refractivity contribution in [3.63, 3.8) is 0 Å². The number of nitrogens with zero attached hydrogens (tertiary/aromatic N) is 1. The van der Waals surface area contributed by atoms with Crippen LogP contribution in [-0.2, 0) is 4.79 Å². The standard InChI is InChI=1S/C15H18N4O2/c20-14(10-6-2-1-3-7-10)18-19-15(21)13-11-8-4-5-9-12(11)16-17-13/h4-5,8-10H,1-3,6-7H2,(H,16,17)(H,18,20)(H,19,21). The SMILES string of the molecule is O=C(NNC(=O)C1CCCCC1)c1n[nH]c2ccccc12. The fourth-order valence-electron chi connectivity index (χ4n) is 2.78. The van der Waals surface area contributed by atoms with Gasteiger partial charge in [0.15, 0.2) is 5.69 Å². The van der Waals surface area contributed by atoms with Gasteiger partial charge in [-0.25, -0.2) is 0 Å². The van der Waals surface area contributed by atoms with Crippen molar-refractivity contribution in [3.05, 3.63) is 30.0 Å². The average molecular weight is 286 g/mol. The number of aromatic nitrogens is 2. The average Bonchev–Trinajstić information content (AvgIpc) is 2.97. The lowest BCUT2D eigenvalue weighted by molar-refractivity contribution is -0.126. The number of hydrogen-bond donors (Lipinski definition) is 3. The van der Waals surface area contributed by atoms with Crippen LogP contribution in [0.3, 0.4) is 0 Å². The molecule has 2 amide bonds. The summed E-state index contributed by atoms with van der Waals surface area (Å²) in [6, 6.07) is 7.37. The molecule has 110 valence electrons. The van der Waals surface area contributed by atoms with Gasteiger partial charge in [-0.2, -0.15) is 5.10 Å². The van der Waals surface area contributed by atoms with Crippen molar-refractivity contribution in [3.8, 4) is 0 Å². The van der Waals surface area contributed by atoms with E-state index in [1.807, 2.05) is 24.3 Å². The predicted octanol–water partition coefficient (Wildman–Crippen LogP) is 1.90. The minimum absolute atomic E-state index is 0.00924. The minimum atomic E-state index is -0.406. The summed E-state index contributed by atoms with van der Waals surface area (Å²) in [7, 11) is 0. The summed E-state index contributed by atoms with van der Waals surface area (Å²) >= 11 is 0. The zero-order valence-electron chi connectivity index (χ0n) is 11.7. The molecule has 0 unspecified atom stereocenters. The van der Waals surface area contributed by atoms with Crippen molar-refractivity contribution in [2.24, 2.45) is 5.92 Å². The highest BCUT2D eigenvalue weighted by molar-refractivity contribution is 6.05. The molecule has 1 aliphatic rings. The van der Waals surface area contributed by atoms with Crippen LogP contribution in [0.1, 0.15) is 42.6 Å². The number of H-pyrrole nitrogens is 1. The number of amides is 2. The monoisotopic (exact) mass is 286 g/mol. The van der Waals surface area contributed by atoms with Gasteiger partial charge in [0.05, 0.1) is 5.52 Å². The van der Waals surface area contributed by atoms with E-state index in [0.29, 0.717) is 0 Å². The lowest BCUT2D eigenvalue weighted by Gasteiger charge is -2.20. The predicted molar refractivity (Wildman–Crippen MR) is 78.3 cm³/mol. The first-order chi connectivity index (χ1) is 10.3. The molecule has 1 heterocycles. The van der Waals surface area contributed by atoms with E-state index >= 15 is 0 Å². The van der Waals surface area contributed by atoms with E-state index in [1.165, 1.54) is 6.42 Å². The van der Waals surface area contributed by atoms with Crippen molar-refractivity contribution >= 4 is 22.7 Å². The van der Waals surface area contributed by atoms with Gasteiger partial charge in [0.25, 0.3) is 5.91 Å². The minimum Gasteiger partial charge on any atom is -0.277 e. The highest BCUT2D eigenvalue weighted by Crippen LogP contribution is 2.23. The zero-order valence-corrected chi connectivity index (χ0v) is 11.7. The van der Waals surface area contributed by atoms with Gasteiger partial charge in [-0.3, -0.25) is 25.5 Å². The Hall–Kier alpha value is -2.37. The van der Waals surface area contributed by atoms with Crippen molar-refractivity contribution in [1.82, 2.24) is 21.0 Å². The summed E-state index contributed by atoms with van der Waals surface area (Å²) in [5.74, 6) is -0.505. The van der Waals surface area contributed by atoms with E-state index in [4.69, 9.17) is 0 Å². The molecule has 0 atom stereocenters. The van der Waals surface area contributed by atoms with Gasteiger partial charge in [0.2, 0.25) is 5.91 Å². The molecule has 0 saturated heterocycles. The number of hydrogen-bond acceptors (Lipinski definition) is 3. The van der Waals surface area contributed by atoms with Gasteiger partial charge in [0.1, 0.15) is 0 Å². The van der Waals surface area contributed by atoms with E-state index in [1.54, 1.807) is 0 Å². The molecule has 1 aromatic heterocycles. The summed E-state index contributed by atoms with van der Waals surface area (Å²) in [6.45, 7) is 0. The highest BCUT2D eigenvalue weighted by Gasteiger charge is 2.22. The Bertz CT molecular complexity index is 658. The molecule has 21 heavy (non-hydrogen) atoms. The maximum absolute atomic E-state index is 12.1. The second-order valence-electron chi connectivity index (χ2n) is 5.40. The van der Waals surface area contributed by atoms with Gasteiger partial charge in [0, 0.05) is 11.3 Å². The maximum atomic E-state index is 12.1. The van der Waals surface area contributed by atoms with Crippen molar-refractivity contribution in [2.45, 2.75) is 32.1 Å². The molecule has 3 N–H and O–H groups in total. The molecule has 2 aromatic rings. The number of aromatic amines is 1. The van der Waals surface area contributed by atoms with Crippen LogP contribution in [0.15, 0.2) is 24.3 Å². The summed E-state index contributed by atoms with van der Waals surface area (Å²) in [5.41, 5.74) is 6.05. The number of carbonyl (C=O) groups excluding carboxylic acids is 2. The van der Waals surface area contributed by atoms with Crippen LogP contribution < -0.4 is 10.9 Å². The molecule has 1 saturated carbocycles. The smallest absolute Gasteiger partial charge is 0.277 e. The Kier molecular flexibility index (Phi) is 3.85. The molecule has 1 aliphatic carbocycles. The Morgan fingerprint density at radius 3 is 2.67 bits per heavy atom. The molecule has 0 radical (unpaired) electrons. The maximum Gasteiger partial charge on any atom is 0.290 e. The molecule has 3 rings (SSSR count). The van der Waals surface area contributed by atoms with Crippen LogP contribution in [-0.4, -0.2) is 22.0 Å². The first-order valence-electron chi connectivity index (χ1n) is 7.29. The second-order valence-corrected chi connectivity index (χ2v) is 5.40. The van der Waals surface area contributed by atoms with Crippen LogP contribution in [0, 0.1) is 5.92 Å². The van der Waals surface area contributed by atoms with Crippen molar-refractivity contribution in [1.29, 1.82) is 0 Å². The fourth-order valence-corrected chi connectivity index (χ4v) is 2.78. The zero-order chi connectivity index (χ0) is 14.7. The third kappa shape index (κ3) is 2.89. The molecule has 0 spiro atoms. The molecule has 0 bridgehead atoms. The van der Waals surface area contributed by atoms with Gasteiger partial charge >= 0.3 is 0 Å². The summed E-state index contributed by atoms with van der Waals surface area (Å²) in [4.78, 5) is 24.1. The summed E-state index contributed by atoms with van der Waals surface area (Å²) in [5, 5.41) is 7.53. The van der Waals surface area contributed by atoms with Crippen LogP contribution in [0.5, 0.6) is 0 Å². The van der Waals surface area contributed by atoms with Gasteiger partial charge in [-0.1, -0.05) is 37.5 Å². The third-order valence-corrected chi connectivity index (χ3v) is 3.96. The largest absolute Gasteiger partial charge is 0.290 e. The Balaban J connectivity index is 1.62. The van der Waals surface area contributed by atoms with E-state index < -0.39 is 5.91 Å². The number of hydrazine groups is 1. The van der Waals surface area contributed by atoms with Gasteiger partial charge < -0.3 is 0 Å². The fraction of sp³-hybridized carbons (Fsp3) is 0.400. The lowest BCUT2D eigenvalue weighted by Crippen LogP contribution is -2.45. The Morgan fingerprint density at radius 2 is 1.86 bits per heavy atom. The van der Waals surface area contributed by atoms with Crippen LogP contribution in [0.4, 0.5) is 0 Å². The van der Waals surface area contributed by atoms with E-state index in [-0.39, 0.29) is 17.5 Å². The number of rotatable bonds is 2.